The Kier molecular flexibility index (Phi) is 5.71. The molecule has 0 aliphatic carbocycles. The zero-order valence-electron chi connectivity index (χ0n) is 15.5. The average molecular weight is 361 g/mol. The highest BCUT2D eigenvalue weighted by atomic mass is 16.2. The number of aryl methyl sites for hydroxylation is 2. The molecule has 1 heterocycles. The summed E-state index contributed by atoms with van der Waals surface area (Å²) in [6, 6.07) is 21.2. The summed E-state index contributed by atoms with van der Waals surface area (Å²) in [6.45, 7) is 4.06. The van der Waals surface area contributed by atoms with Crippen molar-refractivity contribution in [1.29, 1.82) is 0 Å². The number of amides is 2. The normalized spacial score (nSPS) is 10.4. The maximum absolute atomic E-state index is 12.1. The summed E-state index contributed by atoms with van der Waals surface area (Å²) in [7, 11) is 0. The number of benzene rings is 2. The second-order valence-electron chi connectivity index (χ2n) is 6.49. The number of hydrogen-bond donors (Lipinski definition) is 2. The van der Waals surface area contributed by atoms with Crippen molar-refractivity contribution in [1.82, 2.24) is 9.88 Å². The molecule has 5 nitrogen and oxygen atoms in total. The Morgan fingerprint density at radius 2 is 1.44 bits per heavy atom. The predicted octanol–water partition coefficient (Wildman–Crippen LogP) is 3.39. The van der Waals surface area contributed by atoms with Crippen LogP contribution in [0.2, 0.25) is 0 Å². The van der Waals surface area contributed by atoms with E-state index < -0.39 is 0 Å². The van der Waals surface area contributed by atoms with Crippen LogP contribution in [0.4, 0.5) is 5.69 Å². The molecule has 0 unspecified atom stereocenters. The molecule has 1 aromatic heterocycles. The van der Waals surface area contributed by atoms with Gasteiger partial charge in [0.2, 0.25) is 11.8 Å². The molecule has 2 amide bonds. The molecule has 0 saturated heterocycles. The third-order valence-corrected chi connectivity index (χ3v) is 4.33. The van der Waals surface area contributed by atoms with Crippen molar-refractivity contribution in [3.05, 3.63) is 83.7 Å². The molecule has 138 valence electrons. The lowest BCUT2D eigenvalue weighted by molar-refractivity contribution is -0.123. The lowest BCUT2D eigenvalue weighted by Crippen LogP contribution is -2.33. The molecule has 0 atom stereocenters. The Morgan fingerprint density at radius 3 is 2.07 bits per heavy atom. The fraction of sp³-hybridized carbons (Fsp3) is 0.182. The van der Waals surface area contributed by atoms with Crippen LogP contribution in [0.15, 0.2) is 66.7 Å². The first-order valence-electron chi connectivity index (χ1n) is 8.89. The van der Waals surface area contributed by atoms with Crippen LogP contribution in [0.5, 0.6) is 0 Å². The first-order chi connectivity index (χ1) is 13.0. The molecular formula is C22H23N3O2. The summed E-state index contributed by atoms with van der Waals surface area (Å²) in [5.41, 5.74) is 4.98. The SMILES string of the molecule is Cc1ccc(C)n1-c1ccc(NC(=O)CNC(=O)Cc2ccccc2)cc1. The van der Waals surface area contributed by atoms with Gasteiger partial charge in [0.1, 0.15) is 0 Å². The second kappa shape index (κ2) is 8.36. The average Bonchev–Trinajstić information content (AvgIpc) is 3.00. The van der Waals surface area contributed by atoms with Crippen LogP contribution in [0, 0.1) is 13.8 Å². The van der Waals surface area contributed by atoms with Gasteiger partial charge in [0.15, 0.2) is 0 Å². The highest BCUT2D eigenvalue weighted by molar-refractivity contribution is 5.94. The Morgan fingerprint density at radius 1 is 0.815 bits per heavy atom. The van der Waals surface area contributed by atoms with Gasteiger partial charge in [0.25, 0.3) is 0 Å². The van der Waals surface area contributed by atoms with E-state index in [1.165, 1.54) is 0 Å². The molecule has 0 saturated carbocycles. The molecule has 0 bridgehead atoms. The van der Waals surface area contributed by atoms with Crippen LogP contribution in [-0.4, -0.2) is 22.9 Å². The van der Waals surface area contributed by atoms with E-state index in [2.05, 4.69) is 41.2 Å². The standard InChI is InChI=1S/C22H23N3O2/c1-16-8-9-17(2)25(16)20-12-10-19(11-13-20)24-22(27)15-23-21(26)14-18-6-4-3-5-7-18/h3-13H,14-15H2,1-2H3,(H,23,26)(H,24,27). The molecule has 3 aromatic rings. The van der Waals surface area contributed by atoms with E-state index in [1.807, 2.05) is 54.6 Å². The van der Waals surface area contributed by atoms with Gasteiger partial charge < -0.3 is 15.2 Å². The van der Waals surface area contributed by atoms with Gasteiger partial charge in [-0.1, -0.05) is 30.3 Å². The van der Waals surface area contributed by atoms with Crippen LogP contribution >= 0.6 is 0 Å². The van der Waals surface area contributed by atoms with Crippen LogP contribution < -0.4 is 10.6 Å². The minimum atomic E-state index is -0.252. The van der Waals surface area contributed by atoms with Crippen LogP contribution in [-0.2, 0) is 16.0 Å². The minimum Gasteiger partial charge on any atom is -0.347 e. The molecule has 3 rings (SSSR count). The van der Waals surface area contributed by atoms with Gasteiger partial charge in [-0.05, 0) is 55.8 Å². The van der Waals surface area contributed by atoms with E-state index in [0.29, 0.717) is 5.69 Å². The van der Waals surface area contributed by atoms with Gasteiger partial charge in [0.05, 0.1) is 13.0 Å². The largest absolute Gasteiger partial charge is 0.347 e. The van der Waals surface area contributed by atoms with Gasteiger partial charge in [-0.25, -0.2) is 0 Å². The third kappa shape index (κ3) is 4.85. The minimum absolute atomic E-state index is 0.0523. The van der Waals surface area contributed by atoms with E-state index in [1.54, 1.807) is 0 Å². The number of carbonyl (C=O) groups is 2. The van der Waals surface area contributed by atoms with Crippen molar-refractivity contribution >= 4 is 17.5 Å². The number of aromatic nitrogens is 1. The summed E-state index contributed by atoms with van der Waals surface area (Å²) >= 11 is 0. The van der Waals surface area contributed by atoms with Gasteiger partial charge >= 0.3 is 0 Å². The van der Waals surface area contributed by atoms with Gasteiger partial charge in [-0.15, -0.1) is 0 Å². The fourth-order valence-electron chi connectivity index (χ4n) is 3.00. The smallest absolute Gasteiger partial charge is 0.243 e. The first-order valence-corrected chi connectivity index (χ1v) is 8.89. The molecule has 5 heteroatoms. The Balaban J connectivity index is 1.51. The molecule has 0 radical (unpaired) electrons. The predicted molar refractivity (Wildman–Crippen MR) is 107 cm³/mol. The van der Waals surface area contributed by atoms with Crippen molar-refractivity contribution in [3.63, 3.8) is 0 Å². The molecule has 0 aliphatic heterocycles. The van der Waals surface area contributed by atoms with E-state index in [9.17, 15) is 9.59 Å². The summed E-state index contributed by atoms with van der Waals surface area (Å²) in [4.78, 5) is 24.0. The molecule has 0 aliphatic rings. The number of rotatable bonds is 6. The summed E-state index contributed by atoms with van der Waals surface area (Å²) in [6.07, 6.45) is 0.262. The summed E-state index contributed by atoms with van der Waals surface area (Å²) in [5.74, 6) is -0.428. The lowest BCUT2D eigenvalue weighted by Gasteiger charge is -2.11. The van der Waals surface area contributed by atoms with Crippen LogP contribution in [0.1, 0.15) is 17.0 Å². The Labute approximate surface area is 159 Å². The molecule has 0 fully saturated rings. The summed E-state index contributed by atoms with van der Waals surface area (Å²) < 4.78 is 2.15. The van der Waals surface area contributed by atoms with Gasteiger partial charge in [0, 0.05) is 22.8 Å². The number of hydrogen-bond acceptors (Lipinski definition) is 2. The van der Waals surface area contributed by atoms with Crippen molar-refractivity contribution < 1.29 is 9.59 Å². The zero-order valence-corrected chi connectivity index (χ0v) is 15.5. The highest BCUT2D eigenvalue weighted by Gasteiger charge is 2.08. The lowest BCUT2D eigenvalue weighted by atomic mass is 10.1. The Hall–Kier alpha value is -3.34. The maximum Gasteiger partial charge on any atom is 0.243 e. The van der Waals surface area contributed by atoms with Gasteiger partial charge in [-0.3, -0.25) is 9.59 Å². The van der Waals surface area contributed by atoms with Crippen molar-refractivity contribution in [2.24, 2.45) is 0 Å². The maximum atomic E-state index is 12.1. The van der Waals surface area contributed by atoms with Crippen LogP contribution in [0.3, 0.4) is 0 Å². The monoisotopic (exact) mass is 361 g/mol. The Bertz CT molecular complexity index is 908. The van der Waals surface area contributed by atoms with E-state index >= 15 is 0 Å². The zero-order chi connectivity index (χ0) is 19.2. The number of anilines is 1. The molecule has 0 spiro atoms. The third-order valence-electron chi connectivity index (χ3n) is 4.33. The highest BCUT2D eigenvalue weighted by Crippen LogP contribution is 2.18. The van der Waals surface area contributed by atoms with Crippen molar-refractivity contribution in [2.75, 3.05) is 11.9 Å². The van der Waals surface area contributed by atoms with E-state index in [0.717, 1.165) is 22.6 Å². The fourth-order valence-corrected chi connectivity index (χ4v) is 3.00. The number of carbonyl (C=O) groups excluding carboxylic acids is 2. The number of nitrogens with one attached hydrogen (secondary N) is 2. The van der Waals surface area contributed by atoms with Crippen molar-refractivity contribution in [2.45, 2.75) is 20.3 Å². The second-order valence-corrected chi connectivity index (χ2v) is 6.49. The van der Waals surface area contributed by atoms with Gasteiger partial charge in [-0.2, -0.15) is 0 Å². The van der Waals surface area contributed by atoms with Crippen LogP contribution in [0.25, 0.3) is 5.69 Å². The molecular weight excluding hydrogens is 338 g/mol. The quantitative estimate of drug-likeness (QED) is 0.707. The summed E-state index contributed by atoms with van der Waals surface area (Å²) in [5, 5.41) is 5.44. The van der Waals surface area contributed by atoms with Crippen molar-refractivity contribution in [3.8, 4) is 5.69 Å². The van der Waals surface area contributed by atoms with E-state index in [4.69, 9.17) is 0 Å². The molecule has 27 heavy (non-hydrogen) atoms. The molecule has 2 aromatic carbocycles. The van der Waals surface area contributed by atoms with E-state index in [-0.39, 0.29) is 24.8 Å². The number of nitrogens with zero attached hydrogens (tertiary/aromatic N) is 1. The first kappa shape index (κ1) is 18.5. The topological polar surface area (TPSA) is 63.1 Å². The molecule has 2 N–H and O–H groups in total.